The molecule has 1 fully saturated rings. The standard InChI is InChI=1S/C17H20FN3OS/c18-14-5-3-13(4-6-14)10-19-16(22)9-15-12-23-17(20-15)11-21-7-1-2-8-21/h3-6,12H,1-2,7-11H2,(H,19,22). The molecule has 1 saturated heterocycles. The van der Waals surface area contributed by atoms with Gasteiger partial charge in [0.25, 0.3) is 0 Å². The quantitative estimate of drug-likeness (QED) is 0.884. The Labute approximate surface area is 139 Å². The second-order valence-corrected chi connectivity index (χ2v) is 6.74. The minimum Gasteiger partial charge on any atom is -0.352 e. The predicted molar refractivity (Wildman–Crippen MR) is 88.6 cm³/mol. The van der Waals surface area contributed by atoms with Crippen molar-refractivity contribution in [3.8, 4) is 0 Å². The van der Waals surface area contributed by atoms with Gasteiger partial charge in [0.05, 0.1) is 18.7 Å². The van der Waals surface area contributed by atoms with Crippen LogP contribution in [0.4, 0.5) is 4.39 Å². The Hall–Kier alpha value is -1.79. The molecule has 0 radical (unpaired) electrons. The van der Waals surface area contributed by atoms with E-state index in [-0.39, 0.29) is 18.1 Å². The summed E-state index contributed by atoms with van der Waals surface area (Å²) in [4.78, 5) is 18.9. The van der Waals surface area contributed by atoms with Gasteiger partial charge in [-0.3, -0.25) is 9.69 Å². The molecule has 2 heterocycles. The second-order valence-electron chi connectivity index (χ2n) is 5.80. The lowest BCUT2D eigenvalue weighted by Gasteiger charge is -2.11. The van der Waals surface area contributed by atoms with E-state index in [1.54, 1.807) is 23.5 Å². The van der Waals surface area contributed by atoms with E-state index in [2.05, 4.69) is 15.2 Å². The topological polar surface area (TPSA) is 45.2 Å². The molecule has 4 nitrogen and oxygen atoms in total. The van der Waals surface area contributed by atoms with E-state index in [1.165, 1.54) is 25.0 Å². The zero-order valence-electron chi connectivity index (χ0n) is 12.9. The van der Waals surface area contributed by atoms with Gasteiger partial charge in [-0.2, -0.15) is 0 Å². The molecule has 0 spiro atoms. The number of halogens is 1. The second kappa shape index (κ2) is 7.66. The Morgan fingerprint density at radius 2 is 2.00 bits per heavy atom. The molecule has 0 saturated carbocycles. The van der Waals surface area contributed by atoms with Crippen molar-refractivity contribution in [3.63, 3.8) is 0 Å². The number of carbonyl (C=O) groups excluding carboxylic acids is 1. The van der Waals surface area contributed by atoms with E-state index < -0.39 is 0 Å². The van der Waals surface area contributed by atoms with Crippen LogP contribution in [0, 0.1) is 5.82 Å². The van der Waals surface area contributed by atoms with Crippen LogP contribution < -0.4 is 5.32 Å². The number of thiazole rings is 1. The number of carbonyl (C=O) groups is 1. The molecule has 0 aliphatic carbocycles. The smallest absolute Gasteiger partial charge is 0.226 e. The summed E-state index contributed by atoms with van der Waals surface area (Å²) < 4.78 is 12.8. The Kier molecular flexibility index (Phi) is 5.35. The zero-order valence-corrected chi connectivity index (χ0v) is 13.7. The van der Waals surface area contributed by atoms with Gasteiger partial charge < -0.3 is 5.32 Å². The Balaban J connectivity index is 1.45. The molecule has 1 aromatic carbocycles. The first-order valence-electron chi connectivity index (χ1n) is 7.86. The first-order chi connectivity index (χ1) is 11.2. The zero-order chi connectivity index (χ0) is 16.1. The van der Waals surface area contributed by atoms with Crippen LogP contribution in [0.5, 0.6) is 0 Å². The van der Waals surface area contributed by atoms with Crippen LogP contribution in [0.25, 0.3) is 0 Å². The number of nitrogens with zero attached hydrogens (tertiary/aromatic N) is 2. The third-order valence-corrected chi connectivity index (χ3v) is 4.78. The fourth-order valence-corrected chi connectivity index (χ4v) is 3.50. The summed E-state index contributed by atoms with van der Waals surface area (Å²) in [5.41, 5.74) is 1.70. The molecule has 3 rings (SSSR count). The van der Waals surface area contributed by atoms with Gasteiger partial charge in [0.2, 0.25) is 5.91 Å². The summed E-state index contributed by atoms with van der Waals surface area (Å²) in [5.74, 6) is -0.333. The van der Waals surface area contributed by atoms with Crippen LogP contribution in [0.15, 0.2) is 29.6 Å². The Morgan fingerprint density at radius 1 is 1.26 bits per heavy atom. The number of benzene rings is 1. The van der Waals surface area contributed by atoms with Crippen molar-refractivity contribution in [2.45, 2.75) is 32.4 Å². The third-order valence-electron chi connectivity index (χ3n) is 3.90. The molecule has 0 unspecified atom stereocenters. The molecular formula is C17H20FN3OS. The predicted octanol–water partition coefficient (Wildman–Crippen LogP) is 2.74. The molecule has 1 amide bonds. The summed E-state index contributed by atoms with van der Waals surface area (Å²) in [5, 5.41) is 5.88. The maximum Gasteiger partial charge on any atom is 0.226 e. The highest BCUT2D eigenvalue weighted by Crippen LogP contribution is 2.16. The highest BCUT2D eigenvalue weighted by Gasteiger charge is 2.14. The van der Waals surface area contributed by atoms with Crippen molar-refractivity contribution in [2.75, 3.05) is 13.1 Å². The lowest BCUT2D eigenvalue weighted by atomic mass is 10.2. The maximum atomic E-state index is 12.8. The van der Waals surface area contributed by atoms with Crippen molar-refractivity contribution < 1.29 is 9.18 Å². The molecule has 122 valence electrons. The lowest BCUT2D eigenvalue weighted by Crippen LogP contribution is -2.24. The van der Waals surface area contributed by atoms with Crippen LogP contribution in [0.2, 0.25) is 0 Å². The van der Waals surface area contributed by atoms with Gasteiger partial charge in [0.15, 0.2) is 0 Å². The number of aromatic nitrogens is 1. The molecule has 1 N–H and O–H groups in total. The summed E-state index contributed by atoms with van der Waals surface area (Å²) in [7, 11) is 0. The van der Waals surface area contributed by atoms with Gasteiger partial charge >= 0.3 is 0 Å². The van der Waals surface area contributed by atoms with Crippen LogP contribution in [-0.4, -0.2) is 28.9 Å². The molecule has 0 atom stereocenters. The minimum atomic E-state index is -0.270. The van der Waals surface area contributed by atoms with Gasteiger partial charge in [0.1, 0.15) is 10.8 Å². The van der Waals surface area contributed by atoms with Crippen molar-refractivity contribution in [1.82, 2.24) is 15.2 Å². The number of nitrogens with one attached hydrogen (secondary N) is 1. The molecule has 0 bridgehead atoms. The molecule has 2 aromatic rings. The van der Waals surface area contributed by atoms with Gasteiger partial charge in [-0.05, 0) is 43.6 Å². The summed E-state index contributed by atoms with van der Waals surface area (Å²) in [6, 6.07) is 6.14. The van der Waals surface area contributed by atoms with Gasteiger partial charge in [-0.15, -0.1) is 11.3 Å². The minimum absolute atomic E-state index is 0.0626. The largest absolute Gasteiger partial charge is 0.352 e. The fourth-order valence-electron chi connectivity index (χ4n) is 2.66. The van der Waals surface area contributed by atoms with E-state index in [4.69, 9.17) is 0 Å². The summed E-state index contributed by atoms with van der Waals surface area (Å²) in [6.45, 7) is 3.59. The van der Waals surface area contributed by atoms with Gasteiger partial charge in [0, 0.05) is 11.9 Å². The van der Waals surface area contributed by atoms with Crippen LogP contribution in [0.1, 0.15) is 29.1 Å². The highest BCUT2D eigenvalue weighted by molar-refractivity contribution is 7.09. The third kappa shape index (κ3) is 4.84. The average molecular weight is 333 g/mol. The average Bonchev–Trinajstić information content (AvgIpc) is 3.19. The van der Waals surface area contributed by atoms with E-state index in [0.29, 0.717) is 6.54 Å². The first-order valence-corrected chi connectivity index (χ1v) is 8.74. The molecule has 1 aromatic heterocycles. The normalized spacial score (nSPS) is 15.0. The number of rotatable bonds is 6. The molecule has 1 aliphatic rings. The monoisotopic (exact) mass is 333 g/mol. The lowest BCUT2D eigenvalue weighted by molar-refractivity contribution is -0.120. The van der Waals surface area contributed by atoms with E-state index in [1.807, 2.05) is 5.38 Å². The highest BCUT2D eigenvalue weighted by atomic mass is 32.1. The van der Waals surface area contributed by atoms with Crippen LogP contribution >= 0.6 is 11.3 Å². The van der Waals surface area contributed by atoms with Crippen molar-refractivity contribution in [3.05, 3.63) is 51.7 Å². The number of likely N-dealkylation sites (tertiary alicyclic amines) is 1. The molecule has 23 heavy (non-hydrogen) atoms. The van der Waals surface area contributed by atoms with E-state index in [0.717, 1.165) is 35.9 Å². The number of hydrogen-bond acceptors (Lipinski definition) is 4. The van der Waals surface area contributed by atoms with Crippen LogP contribution in [0.3, 0.4) is 0 Å². The van der Waals surface area contributed by atoms with Crippen molar-refractivity contribution in [2.24, 2.45) is 0 Å². The van der Waals surface area contributed by atoms with E-state index in [9.17, 15) is 9.18 Å². The Morgan fingerprint density at radius 3 is 2.74 bits per heavy atom. The summed E-state index contributed by atoms with van der Waals surface area (Å²) >= 11 is 1.62. The fraction of sp³-hybridized carbons (Fsp3) is 0.412. The van der Waals surface area contributed by atoms with Crippen molar-refractivity contribution in [1.29, 1.82) is 0 Å². The summed E-state index contributed by atoms with van der Waals surface area (Å²) in [6.07, 6.45) is 2.83. The molecule has 1 aliphatic heterocycles. The van der Waals surface area contributed by atoms with Crippen LogP contribution in [-0.2, 0) is 24.3 Å². The first kappa shape index (κ1) is 16.1. The van der Waals surface area contributed by atoms with E-state index >= 15 is 0 Å². The Bertz CT molecular complexity index is 650. The van der Waals surface area contributed by atoms with Gasteiger partial charge in [-0.25, -0.2) is 9.37 Å². The molecule has 6 heteroatoms. The SMILES string of the molecule is O=C(Cc1csc(CN2CCCC2)n1)NCc1ccc(F)cc1. The van der Waals surface area contributed by atoms with Gasteiger partial charge in [-0.1, -0.05) is 12.1 Å². The molecular weight excluding hydrogens is 313 g/mol. The van der Waals surface area contributed by atoms with Crippen molar-refractivity contribution >= 4 is 17.2 Å². The number of amides is 1. The number of hydrogen-bond donors (Lipinski definition) is 1. The maximum absolute atomic E-state index is 12.8.